The maximum Gasteiger partial charge on any atom is -0.00179 e. The molecule has 1 aliphatic rings. The van der Waals surface area contributed by atoms with E-state index in [0.29, 0.717) is 0 Å². The highest BCUT2D eigenvalue weighted by Gasteiger charge is 2.24. The molecule has 0 bridgehead atoms. The third kappa shape index (κ3) is 9.55. The first-order chi connectivity index (χ1) is 10.4. The highest BCUT2D eigenvalue weighted by molar-refractivity contribution is 4.77. The molecule has 1 rings (SSSR count). The van der Waals surface area contributed by atoms with Crippen LogP contribution in [0, 0.1) is 11.8 Å². The zero-order chi connectivity index (χ0) is 15.2. The third-order valence-electron chi connectivity index (χ3n) is 5.33. The lowest BCUT2D eigenvalue weighted by Crippen LogP contribution is -2.28. The number of hydrogen-bond donors (Lipinski definition) is 1. The lowest BCUT2D eigenvalue weighted by Gasteiger charge is -2.24. The molecule has 1 atom stereocenters. The number of hydrogen-bond acceptors (Lipinski definition) is 1. The zero-order valence-corrected chi connectivity index (χ0v) is 15.0. The Morgan fingerprint density at radius 1 is 0.810 bits per heavy atom. The van der Waals surface area contributed by atoms with E-state index in [1.807, 2.05) is 0 Å². The van der Waals surface area contributed by atoms with Crippen LogP contribution >= 0.6 is 0 Å². The van der Waals surface area contributed by atoms with Gasteiger partial charge in [-0.1, -0.05) is 90.9 Å². The summed E-state index contributed by atoms with van der Waals surface area (Å²) in [4.78, 5) is 0. The molecule has 1 unspecified atom stereocenters. The molecule has 0 aromatic heterocycles. The molecule has 0 saturated heterocycles. The van der Waals surface area contributed by atoms with Crippen molar-refractivity contribution in [2.24, 2.45) is 11.8 Å². The molecular weight excluding hydrogens is 254 g/mol. The Hall–Kier alpha value is -0.0400. The molecule has 1 aliphatic carbocycles. The molecule has 1 saturated carbocycles. The maximum absolute atomic E-state index is 3.69. The van der Waals surface area contributed by atoms with E-state index in [4.69, 9.17) is 0 Å². The standard InChI is InChI=1S/C20H41N/c1-3-5-6-7-8-9-10-11-16-20(18-21-17-4-2)19-14-12-13-15-19/h19-21H,3-18H2,1-2H3. The van der Waals surface area contributed by atoms with E-state index < -0.39 is 0 Å². The topological polar surface area (TPSA) is 12.0 Å². The molecule has 1 heteroatoms. The van der Waals surface area contributed by atoms with E-state index in [-0.39, 0.29) is 0 Å². The molecule has 0 aromatic rings. The van der Waals surface area contributed by atoms with Crippen molar-refractivity contribution in [2.75, 3.05) is 13.1 Å². The van der Waals surface area contributed by atoms with Gasteiger partial charge >= 0.3 is 0 Å². The van der Waals surface area contributed by atoms with Gasteiger partial charge < -0.3 is 5.32 Å². The molecule has 0 spiro atoms. The minimum Gasteiger partial charge on any atom is -0.316 e. The van der Waals surface area contributed by atoms with Crippen molar-refractivity contribution in [1.29, 1.82) is 0 Å². The van der Waals surface area contributed by atoms with Crippen LogP contribution in [0.2, 0.25) is 0 Å². The van der Waals surface area contributed by atoms with E-state index >= 15 is 0 Å². The molecule has 1 fully saturated rings. The van der Waals surface area contributed by atoms with Crippen LogP contribution in [0.5, 0.6) is 0 Å². The van der Waals surface area contributed by atoms with Crippen LogP contribution in [-0.2, 0) is 0 Å². The molecule has 21 heavy (non-hydrogen) atoms. The smallest absolute Gasteiger partial charge is 0.00179 e. The van der Waals surface area contributed by atoms with Crippen LogP contribution in [0.4, 0.5) is 0 Å². The Bertz CT molecular complexity index is 208. The minimum atomic E-state index is 0.971. The maximum atomic E-state index is 3.69. The van der Waals surface area contributed by atoms with Gasteiger partial charge in [0.25, 0.3) is 0 Å². The van der Waals surface area contributed by atoms with Gasteiger partial charge in [0.15, 0.2) is 0 Å². The van der Waals surface area contributed by atoms with Crippen LogP contribution in [0.15, 0.2) is 0 Å². The van der Waals surface area contributed by atoms with E-state index in [1.54, 1.807) is 0 Å². The average molecular weight is 296 g/mol. The van der Waals surface area contributed by atoms with Gasteiger partial charge in [0.2, 0.25) is 0 Å². The van der Waals surface area contributed by atoms with Crippen molar-refractivity contribution in [3.8, 4) is 0 Å². The van der Waals surface area contributed by atoms with E-state index in [1.165, 1.54) is 103 Å². The second kappa shape index (κ2) is 13.6. The molecule has 0 aliphatic heterocycles. The van der Waals surface area contributed by atoms with Crippen molar-refractivity contribution in [1.82, 2.24) is 5.32 Å². The van der Waals surface area contributed by atoms with Gasteiger partial charge in [-0.15, -0.1) is 0 Å². The summed E-state index contributed by atoms with van der Waals surface area (Å²) in [5.74, 6) is 2.01. The fourth-order valence-corrected chi connectivity index (χ4v) is 3.94. The first kappa shape index (κ1) is 19.0. The van der Waals surface area contributed by atoms with Crippen molar-refractivity contribution < 1.29 is 0 Å². The van der Waals surface area contributed by atoms with Gasteiger partial charge in [-0.2, -0.15) is 0 Å². The lowest BCUT2D eigenvalue weighted by atomic mass is 9.86. The summed E-state index contributed by atoms with van der Waals surface area (Å²) in [7, 11) is 0. The molecule has 0 aromatic carbocycles. The Balaban J connectivity index is 2.05. The molecule has 0 radical (unpaired) electrons. The van der Waals surface area contributed by atoms with Gasteiger partial charge in [0, 0.05) is 0 Å². The largest absolute Gasteiger partial charge is 0.316 e. The predicted octanol–water partition coefficient (Wildman–Crippen LogP) is 6.32. The first-order valence-electron chi connectivity index (χ1n) is 10.1. The second-order valence-corrected chi connectivity index (χ2v) is 7.27. The number of unbranched alkanes of at least 4 members (excludes halogenated alkanes) is 7. The summed E-state index contributed by atoms with van der Waals surface area (Å²) in [6.07, 6.45) is 20.4. The molecular formula is C20H41N. The lowest BCUT2D eigenvalue weighted by molar-refractivity contribution is 0.295. The van der Waals surface area contributed by atoms with Crippen molar-refractivity contribution >= 4 is 0 Å². The number of rotatable bonds is 14. The monoisotopic (exact) mass is 295 g/mol. The van der Waals surface area contributed by atoms with E-state index in [0.717, 1.165) is 11.8 Å². The number of nitrogens with one attached hydrogen (secondary N) is 1. The molecule has 1 nitrogen and oxygen atoms in total. The summed E-state index contributed by atoms with van der Waals surface area (Å²) in [5, 5.41) is 3.69. The van der Waals surface area contributed by atoms with E-state index in [9.17, 15) is 0 Å². The van der Waals surface area contributed by atoms with Crippen molar-refractivity contribution in [2.45, 2.75) is 104 Å². The minimum absolute atomic E-state index is 0.971. The Morgan fingerprint density at radius 3 is 2.05 bits per heavy atom. The van der Waals surface area contributed by atoms with Gasteiger partial charge in [0.05, 0.1) is 0 Å². The molecule has 1 N–H and O–H groups in total. The van der Waals surface area contributed by atoms with Gasteiger partial charge in [0.1, 0.15) is 0 Å². The van der Waals surface area contributed by atoms with Crippen LogP contribution in [-0.4, -0.2) is 13.1 Å². The first-order valence-corrected chi connectivity index (χ1v) is 10.1. The van der Waals surface area contributed by atoms with Crippen LogP contribution in [0.1, 0.15) is 104 Å². The molecule has 0 amide bonds. The highest BCUT2D eigenvalue weighted by atomic mass is 14.9. The van der Waals surface area contributed by atoms with Gasteiger partial charge in [-0.3, -0.25) is 0 Å². The Morgan fingerprint density at radius 2 is 1.43 bits per heavy atom. The predicted molar refractivity (Wildman–Crippen MR) is 95.8 cm³/mol. The average Bonchev–Trinajstić information content (AvgIpc) is 3.02. The van der Waals surface area contributed by atoms with Gasteiger partial charge in [-0.25, -0.2) is 0 Å². The van der Waals surface area contributed by atoms with Gasteiger partial charge in [-0.05, 0) is 37.8 Å². The van der Waals surface area contributed by atoms with E-state index in [2.05, 4.69) is 19.2 Å². The van der Waals surface area contributed by atoms with Crippen molar-refractivity contribution in [3.63, 3.8) is 0 Å². The molecule has 126 valence electrons. The summed E-state index contributed by atoms with van der Waals surface area (Å²) in [6, 6.07) is 0. The second-order valence-electron chi connectivity index (χ2n) is 7.27. The normalized spacial score (nSPS) is 17.4. The molecule has 0 heterocycles. The van der Waals surface area contributed by atoms with Crippen LogP contribution < -0.4 is 5.32 Å². The van der Waals surface area contributed by atoms with Crippen LogP contribution in [0.25, 0.3) is 0 Å². The summed E-state index contributed by atoms with van der Waals surface area (Å²) < 4.78 is 0. The zero-order valence-electron chi connectivity index (χ0n) is 15.0. The summed E-state index contributed by atoms with van der Waals surface area (Å²) in [5.41, 5.74) is 0. The fraction of sp³-hybridized carbons (Fsp3) is 1.00. The van der Waals surface area contributed by atoms with Crippen molar-refractivity contribution in [3.05, 3.63) is 0 Å². The van der Waals surface area contributed by atoms with Crippen LogP contribution in [0.3, 0.4) is 0 Å². The Labute approximate surface area is 134 Å². The fourth-order valence-electron chi connectivity index (χ4n) is 3.94. The Kier molecular flexibility index (Phi) is 12.3. The summed E-state index contributed by atoms with van der Waals surface area (Å²) >= 11 is 0. The SMILES string of the molecule is CCCCCCCCCCC(CNCCC)C1CCCC1. The third-order valence-corrected chi connectivity index (χ3v) is 5.33. The highest BCUT2D eigenvalue weighted by Crippen LogP contribution is 2.33. The quantitative estimate of drug-likeness (QED) is 0.370. The summed E-state index contributed by atoms with van der Waals surface area (Å²) in [6.45, 7) is 7.07.